The summed E-state index contributed by atoms with van der Waals surface area (Å²) in [5, 5.41) is 3.57. The molecule has 1 fully saturated rings. The molecule has 18 heavy (non-hydrogen) atoms. The van der Waals surface area contributed by atoms with Crippen molar-refractivity contribution in [3.63, 3.8) is 0 Å². The Morgan fingerprint density at radius 3 is 2.67 bits per heavy atom. The molecule has 1 aromatic rings. The van der Waals surface area contributed by atoms with Gasteiger partial charge in [-0.15, -0.1) is 0 Å². The van der Waals surface area contributed by atoms with Crippen molar-refractivity contribution in [3.05, 3.63) is 35.4 Å². The lowest BCUT2D eigenvalue weighted by Gasteiger charge is -2.31. The van der Waals surface area contributed by atoms with Crippen LogP contribution in [-0.2, 0) is 9.47 Å². The summed E-state index contributed by atoms with van der Waals surface area (Å²) >= 11 is 0. The lowest BCUT2D eigenvalue weighted by atomic mass is 10.00. The van der Waals surface area contributed by atoms with Crippen LogP contribution in [0.3, 0.4) is 0 Å². The molecular formula is C15H23NO2. The quantitative estimate of drug-likeness (QED) is 0.869. The Bertz CT molecular complexity index is 344. The van der Waals surface area contributed by atoms with E-state index in [1.807, 2.05) is 0 Å². The maximum atomic E-state index is 5.83. The van der Waals surface area contributed by atoms with Crippen molar-refractivity contribution in [3.8, 4) is 0 Å². The molecule has 0 bridgehead atoms. The number of nitrogens with one attached hydrogen (secondary N) is 1. The minimum absolute atomic E-state index is 0.119. The molecule has 0 amide bonds. The highest BCUT2D eigenvalue weighted by molar-refractivity contribution is 5.25. The highest BCUT2D eigenvalue weighted by atomic mass is 16.6. The van der Waals surface area contributed by atoms with Gasteiger partial charge in [-0.3, -0.25) is 0 Å². The Hall–Kier alpha value is -0.900. The smallest absolute Gasteiger partial charge is 0.100 e. The Kier molecular flexibility index (Phi) is 5.17. The zero-order valence-electron chi connectivity index (χ0n) is 11.3. The van der Waals surface area contributed by atoms with Gasteiger partial charge in [0.1, 0.15) is 6.10 Å². The fourth-order valence-electron chi connectivity index (χ4n) is 2.24. The van der Waals surface area contributed by atoms with Crippen molar-refractivity contribution in [1.29, 1.82) is 0 Å². The molecule has 1 heterocycles. The third kappa shape index (κ3) is 3.55. The van der Waals surface area contributed by atoms with Crippen LogP contribution in [0.5, 0.6) is 0 Å². The van der Waals surface area contributed by atoms with E-state index in [1.165, 1.54) is 11.1 Å². The van der Waals surface area contributed by atoms with Crippen molar-refractivity contribution >= 4 is 0 Å². The summed E-state index contributed by atoms with van der Waals surface area (Å²) in [4.78, 5) is 0. The third-order valence-electron chi connectivity index (χ3n) is 3.26. The molecule has 0 aromatic heterocycles. The molecule has 3 heteroatoms. The number of hydrogen-bond donors (Lipinski definition) is 1. The largest absolute Gasteiger partial charge is 0.376 e. The van der Waals surface area contributed by atoms with Gasteiger partial charge in [0.25, 0.3) is 0 Å². The molecule has 1 aliphatic rings. The summed E-state index contributed by atoms with van der Waals surface area (Å²) in [7, 11) is 0. The lowest BCUT2D eigenvalue weighted by Crippen LogP contribution is -2.40. The van der Waals surface area contributed by atoms with E-state index in [2.05, 4.69) is 43.4 Å². The van der Waals surface area contributed by atoms with Gasteiger partial charge in [-0.05, 0) is 25.5 Å². The molecular weight excluding hydrogens is 226 g/mol. The SMILES string of the molecule is CCCNC(c1ccc(C)cc1)C1COCCO1. The Labute approximate surface area is 109 Å². The van der Waals surface area contributed by atoms with Crippen molar-refractivity contribution in [1.82, 2.24) is 5.32 Å². The van der Waals surface area contributed by atoms with Gasteiger partial charge >= 0.3 is 0 Å². The van der Waals surface area contributed by atoms with Crippen molar-refractivity contribution in [2.75, 3.05) is 26.4 Å². The van der Waals surface area contributed by atoms with Gasteiger partial charge in [0.15, 0.2) is 0 Å². The van der Waals surface area contributed by atoms with Crippen molar-refractivity contribution in [2.45, 2.75) is 32.4 Å². The summed E-state index contributed by atoms with van der Waals surface area (Å²) in [5.74, 6) is 0. The molecule has 0 aliphatic carbocycles. The average molecular weight is 249 g/mol. The van der Waals surface area contributed by atoms with Crippen molar-refractivity contribution in [2.24, 2.45) is 0 Å². The minimum atomic E-state index is 0.119. The second-order valence-corrected chi connectivity index (χ2v) is 4.83. The third-order valence-corrected chi connectivity index (χ3v) is 3.26. The Balaban J connectivity index is 2.10. The Morgan fingerprint density at radius 1 is 1.28 bits per heavy atom. The van der Waals surface area contributed by atoms with Crippen LogP contribution in [0.25, 0.3) is 0 Å². The minimum Gasteiger partial charge on any atom is -0.376 e. The van der Waals surface area contributed by atoms with Crippen LogP contribution in [0, 0.1) is 6.92 Å². The van der Waals surface area contributed by atoms with Gasteiger partial charge in [-0.1, -0.05) is 36.8 Å². The molecule has 3 nitrogen and oxygen atoms in total. The summed E-state index contributed by atoms with van der Waals surface area (Å²) in [6.07, 6.45) is 1.24. The molecule has 0 spiro atoms. The molecule has 2 atom stereocenters. The summed E-state index contributed by atoms with van der Waals surface area (Å²) in [6.45, 7) is 7.37. The van der Waals surface area contributed by atoms with E-state index in [-0.39, 0.29) is 12.1 Å². The molecule has 1 aliphatic heterocycles. The molecule has 1 N–H and O–H groups in total. The first-order valence-electron chi connectivity index (χ1n) is 6.80. The van der Waals surface area contributed by atoms with Crippen LogP contribution in [0.1, 0.15) is 30.5 Å². The van der Waals surface area contributed by atoms with E-state index in [9.17, 15) is 0 Å². The number of rotatable bonds is 5. The topological polar surface area (TPSA) is 30.5 Å². The van der Waals surface area contributed by atoms with Gasteiger partial charge in [0, 0.05) is 0 Å². The molecule has 1 saturated heterocycles. The highest BCUT2D eigenvalue weighted by Gasteiger charge is 2.25. The fraction of sp³-hybridized carbons (Fsp3) is 0.600. The first kappa shape index (κ1) is 13.5. The molecule has 100 valence electrons. The number of benzene rings is 1. The molecule has 1 aromatic carbocycles. The van der Waals surface area contributed by atoms with E-state index >= 15 is 0 Å². The molecule has 0 saturated carbocycles. The highest BCUT2D eigenvalue weighted by Crippen LogP contribution is 2.22. The van der Waals surface area contributed by atoms with E-state index in [0.717, 1.165) is 13.0 Å². The first-order valence-corrected chi connectivity index (χ1v) is 6.80. The Morgan fingerprint density at radius 2 is 2.06 bits per heavy atom. The molecule has 2 unspecified atom stereocenters. The van der Waals surface area contributed by atoms with Crippen LogP contribution in [0.15, 0.2) is 24.3 Å². The second kappa shape index (κ2) is 6.88. The molecule has 0 radical (unpaired) electrons. The van der Waals surface area contributed by atoms with Gasteiger partial charge in [-0.25, -0.2) is 0 Å². The maximum Gasteiger partial charge on any atom is 0.100 e. The maximum absolute atomic E-state index is 5.83. The van der Waals surface area contributed by atoms with E-state index in [1.54, 1.807) is 0 Å². The zero-order chi connectivity index (χ0) is 12.8. The lowest BCUT2D eigenvalue weighted by molar-refractivity contribution is -0.102. The molecule has 2 rings (SSSR count). The average Bonchev–Trinajstić information content (AvgIpc) is 2.42. The standard InChI is InChI=1S/C15H23NO2/c1-3-8-16-15(14-11-17-9-10-18-14)13-6-4-12(2)5-7-13/h4-7,14-16H,3,8-11H2,1-2H3. The number of ether oxygens (including phenoxy) is 2. The fourth-order valence-corrected chi connectivity index (χ4v) is 2.24. The van der Waals surface area contributed by atoms with Crippen LogP contribution in [0.4, 0.5) is 0 Å². The second-order valence-electron chi connectivity index (χ2n) is 4.83. The van der Waals surface area contributed by atoms with Gasteiger partial charge in [0.05, 0.1) is 25.9 Å². The summed E-state index contributed by atoms with van der Waals surface area (Å²) < 4.78 is 11.4. The number of aryl methyl sites for hydroxylation is 1. The summed E-state index contributed by atoms with van der Waals surface area (Å²) in [6, 6.07) is 8.89. The van der Waals surface area contributed by atoms with E-state index in [4.69, 9.17) is 9.47 Å². The van der Waals surface area contributed by atoms with Crippen LogP contribution < -0.4 is 5.32 Å². The van der Waals surface area contributed by atoms with E-state index < -0.39 is 0 Å². The zero-order valence-corrected chi connectivity index (χ0v) is 11.3. The van der Waals surface area contributed by atoms with Crippen LogP contribution >= 0.6 is 0 Å². The summed E-state index contributed by atoms with van der Waals surface area (Å²) in [5.41, 5.74) is 2.57. The first-order chi connectivity index (χ1) is 8.81. The van der Waals surface area contributed by atoms with Gasteiger partial charge in [-0.2, -0.15) is 0 Å². The van der Waals surface area contributed by atoms with Gasteiger partial charge in [0.2, 0.25) is 0 Å². The van der Waals surface area contributed by atoms with Crippen LogP contribution in [-0.4, -0.2) is 32.5 Å². The van der Waals surface area contributed by atoms with Crippen LogP contribution in [0.2, 0.25) is 0 Å². The van der Waals surface area contributed by atoms with Gasteiger partial charge < -0.3 is 14.8 Å². The van der Waals surface area contributed by atoms with Crippen molar-refractivity contribution < 1.29 is 9.47 Å². The monoisotopic (exact) mass is 249 g/mol. The van der Waals surface area contributed by atoms with E-state index in [0.29, 0.717) is 19.8 Å². The predicted molar refractivity (Wildman–Crippen MR) is 72.8 cm³/mol. The number of hydrogen-bond acceptors (Lipinski definition) is 3. The normalized spacial score (nSPS) is 21.8. The predicted octanol–water partition coefficient (Wildman–Crippen LogP) is 2.45.